The molecule has 6 rings (SSSR count). The summed E-state index contributed by atoms with van der Waals surface area (Å²) in [6.45, 7) is 11.2. The number of carbonyl (C=O) groups is 1. The van der Waals surface area contributed by atoms with E-state index < -0.39 is 12.0 Å². The summed E-state index contributed by atoms with van der Waals surface area (Å²) in [6.07, 6.45) is 6.44. The molecule has 2 aliphatic rings. The number of nitrogens with zero attached hydrogens (tertiary/aromatic N) is 3. The van der Waals surface area contributed by atoms with Crippen molar-refractivity contribution < 1.29 is 19.4 Å². The predicted molar refractivity (Wildman–Crippen MR) is 179 cm³/mol. The molecule has 7 heteroatoms. The van der Waals surface area contributed by atoms with Crippen LogP contribution in [-0.2, 0) is 22.5 Å². The van der Waals surface area contributed by atoms with E-state index in [9.17, 15) is 9.90 Å². The third-order valence-electron chi connectivity index (χ3n) is 9.52. The molecule has 4 aromatic rings. The van der Waals surface area contributed by atoms with Crippen LogP contribution in [0.25, 0.3) is 22.0 Å². The van der Waals surface area contributed by atoms with Crippen LogP contribution in [0, 0.1) is 13.8 Å². The quantitative estimate of drug-likeness (QED) is 0.191. The minimum Gasteiger partial charge on any atom is -0.493 e. The average Bonchev–Trinajstić information content (AvgIpc) is 3.05. The molecule has 45 heavy (non-hydrogen) atoms. The molecule has 0 bridgehead atoms. The SMILES string of the molecule is Cc1c(Cc2cccc3cc(CN4CCCCC4C(=O)O)cnc23)cccc1-c1cccc(OCCCN2CCOCC2)c1C. The summed E-state index contributed by atoms with van der Waals surface area (Å²) < 4.78 is 11.7. The zero-order valence-corrected chi connectivity index (χ0v) is 26.6. The number of rotatable bonds is 11. The van der Waals surface area contributed by atoms with Gasteiger partial charge in [-0.05, 0) is 97.2 Å². The smallest absolute Gasteiger partial charge is 0.320 e. The molecule has 1 N–H and O–H groups in total. The molecule has 2 saturated heterocycles. The van der Waals surface area contributed by atoms with E-state index in [0.717, 1.165) is 87.3 Å². The van der Waals surface area contributed by atoms with Crippen LogP contribution >= 0.6 is 0 Å². The monoisotopic (exact) mass is 607 g/mol. The Bertz CT molecular complexity index is 1630. The number of pyridine rings is 1. The van der Waals surface area contributed by atoms with E-state index in [1.807, 2.05) is 6.20 Å². The molecule has 1 aromatic heterocycles. The highest BCUT2D eigenvalue weighted by Crippen LogP contribution is 2.34. The third-order valence-corrected chi connectivity index (χ3v) is 9.52. The highest BCUT2D eigenvalue weighted by atomic mass is 16.5. The fourth-order valence-corrected chi connectivity index (χ4v) is 6.92. The van der Waals surface area contributed by atoms with E-state index in [-0.39, 0.29) is 0 Å². The maximum Gasteiger partial charge on any atom is 0.320 e. The highest BCUT2D eigenvalue weighted by molar-refractivity contribution is 5.83. The van der Waals surface area contributed by atoms with E-state index in [0.29, 0.717) is 19.6 Å². The van der Waals surface area contributed by atoms with Crippen molar-refractivity contribution in [2.75, 3.05) is 46.0 Å². The summed E-state index contributed by atoms with van der Waals surface area (Å²) in [4.78, 5) is 21.2. The number of piperidine rings is 1. The zero-order chi connectivity index (χ0) is 31.2. The van der Waals surface area contributed by atoms with Crippen LogP contribution in [0.5, 0.6) is 5.75 Å². The third kappa shape index (κ3) is 7.38. The molecule has 2 aliphatic heterocycles. The van der Waals surface area contributed by atoms with Crippen molar-refractivity contribution in [3.05, 3.63) is 94.7 Å². The summed E-state index contributed by atoms with van der Waals surface area (Å²) in [7, 11) is 0. The predicted octanol–water partition coefficient (Wildman–Crippen LogP) is 6.65. The summed E-state index contributed by atoms with van der Waals surface area (Å²) in [6, 6.07) is 21.1. The number of aliphatic carboxylic acids is 1. The van der Waals surface area contributed by atoms with Gasteiger partial charge in [-0.15, -0.1) is 0 Å². The number of carboxylic acid groups (broad SMARTS) is 1. The number of morpholine rings is 1. The second kappa shape index (κ2) is 14.5. The lowest BCUT2D eigenvalue weighted by Crippen LogP contribution is -2.44. The Hall–Kier alpha value is -3.78. The van der Waals surface area contributed by atoms with E-state index in [2.05, 4.69) is 84.3 Å². The molecule has 3 heterocycles. The largest absolute Gasteiger partial charge is 0.493 e. The van der Waals surface area contributed by atoms with Gasteiger partial charge in [0, 0.05) is 37.8 Å². The van der Waals surface area contributed by atoms with E-state index in [4.69, 9.17) is 14.5 Å². The minimum atomic E-state index is -0.725. The molecule has 1 unspecified atom stereocenters. The highest BCUT2D eigenvalue weighted by Gasteiger charge is 2.28. The molecule has 236 valence electrons. The Morgan fingerprint density at radius 1 is 0.956 bits per heavy atom. The minimum absolute atomic E-state index is 0.410. The number of aromatic nitrogens is 1. The number of likely N-dealkylation sites (tertiary alicyclic amines) is 1. The molecule has 3 aromatic carbocycles. The maximum atomic E-state index is 11.8. The van der Waals surface area contributed by atoms with E-state index in [1.165, 1.54) is 33.4 Å². The number of hydrogen-bond acceptors (Lipinski definition) is 6. The Morgan fingerprint density at radius 2 is 1.71 bits per heavy atom. The number of ether oxygens (including phenoxy) is 2. The second-order valence-electron chi connectivity index (χ2n) is 12.5. The van der Waals surface area contributed by atoms with Gasteiger partial charge >= 0.3 is 5.97 Å². The molecule has 1 atom stereocenters. The molecule has 0 saturated carbocycles. The summed E-state index contributed by atoms with van der Waals surface area (Å²) in [5.74, 6) is 0.227. The molecule has 7 nitrogen and oxygen atoms in total. The van der Waals surface area contributed by atoms with Crippen molar-refractivity contribution in [1.82, 2.24) is 14.8 Å². The summed E-state index contributed by atoms with van der Waals surface area (Å²) in [5, 5.41) is 10.8. The lowest BCUT2D eigenvalue weighted by molar-refractivity contribution is -0.144. The van der Waals surface area contributed by atoms with Gasteiger partial charge in [0.25, 0.3) is 0 Å². The van der Waals surface area contributed by atoms with Crippen molar-refractivity contribution in [1.29, 1.82) is 0 Å². The Kier molecular flexibility index (Phi) is 10.1. The summed E-state index contributed by atoms with van der Waals surface area (Å²) >= 11 is 0. The van der Waals surface area contributed by atoms with Gasteiger partial charge in [0.05, 0.1) is 25.3 Å². The van der Waals surface area contributed by atoms with Gasteiger partial charge in [0.2, 0.25) is 0 Å². The molecule has 0 spiro atoms. The van der Waals surface area contributed by atoms with E-state index in [1.54, 1.807) is 0 Å². The maximum absolute atomic E-state index is 11.8. The van der Waals surface area contributed by atoms with Crippen LogP contribution in [0.2, 0.25) is 0 Å². The molecular weight excluding hydrogens is 562 g/mol. The lowest BCUT2D eigenvalue weighted by atomic mass is 9.90. The number of para-hydroxylation sites is 1. The van der Waals surface area contributed by atoms with Crippen molar-refractivity contribution in [2.45, 2.75) is 58.5 Å². The first-order valence-corrected chi connectivity index (χ1v) is 16.4. The van der Waals surface area contributed by atoms with Crippen molar-refractivity contribution >= 4 is 16.9 Å². The Morgan fingerprint density at radius 3 is 2.53 bits per heavy atom. The van der Waals surface area contributed by atoms with Crippen molar-refractivity contribution in [3.8, 4) is 16.9 Å². The Balaban J connectivity index is 1.17. The molecule has 2 fully saturated rings. The first-order valence-electron chi connectivity index (χ1n) is 16.4. The fraction of sp³-hybridized carbons (Fsp3) is 0.421. The average molecular weight is 608 g/mol. The first kappa shape index (κ1) is 31.2. The number of hydrogen-bond donors (Lipinski definition) is 1. The van der Waals surface area contributed by atoms with Crippen LogP contribution in [0.15, 0.2) is 66.9 Å². The first-order chi connectivity index (χ1) is 22.0. The Labute approximate surface area is 266 Å². The molecule has 0 amide bonds. The number of benzene rings is 3. The van der Waals surface area contributed by atoms with Crippen molar-refractivity contribution in [3.63, 3.8) is 0 Å². The van der Waals surface area contributed by atoms with Crippen molar-refractivity contribution in [2.24, 2.45) is 0 Å². The van der Waals surface area contributed by atoms with Crippen LogP contribution in [-0.4, -0.2) is 77.9 Å². The van der Waals surface area contributed by atoms with Gasteiger partial charge in [-0.1, -0.05) is 55.0 Å². The van der Waals surface area contributed by atoms with Crippen LogP contribution in [0.1, 0.15) is 53.5 Å². The van der Waals surface area contributed by atoms with Gasteiger partial charge in [-0.2, -0.15) is 0 Å². The normalized spacial score (nSPS) is 17.9. The fourth-order valence-electron chi connectivity index (χ4n) is 6.92. The van der Waals surface area contributed by atoms with Crippen LogP contribution in [0.4, 0.5) is 0 Å². The van der Waals surface area contributed by atoms with Gasteiger partial charge in [0.15, 0.2) is 0 Å². The van der Waals surface area contributed by atoms with Crippen LogP contribution in [0.3, 0.4) is 0 Å². The van der Waals surface area contributed by atoms with Gasteiger partial charge in [0.1, 0.15) is 11.8 Å². The van der Waals surface area contributed by atoms with E-state index >= 15 is 0 Å². The standard InChI is InChI=1S/C38H45N3O4/c1-27-30(9-6-12-33(27)34-13-7-15-36(28(34)2)45-20-8-16-40-18-21-44-22-19-40)24-32-11-5-10-31-23-29(25-39-37(31)32)26-41-17-4-3-14-35(41)38(42)43/h5-7,9-13,15,23,25,35H,3-4,8,14,16-22,24,26H2,1-2H3,(H,42,43). The van der Waals surface area contributed by atoms with Crippen LogP contribution < -0.4 is 4.74 Å². The molecule has 0 radical (unpaired) electrons. The second-order valence-corrected chi connectivity index (χ2v) is 12.5. The molecular formula is C38H45N3O4. The molecule has 0 aliphatic carbocycles. The topological polar surface area (TPSA) is 75.1 Å². The van der Waals surface area contributed by atoms with Gasteiger partial charge < -0.3 is 14.6 Å². The number of fused-ring (bicyclic) bond motifs is 1. The summed E-state index contributed by atoms with van der Waals surface area (Å²) in [5.41, 5.74) is 9.40. The lowest BCUT2D eigenvalue weighted by Gasteiger charge is -2.32. The zero-order valence-electron chi connectivity index (χ0n) is 26.6. The van der Waals surface area contributed by atoms with Gasteiger partial charge in [-0.25, -0.2) is 0 Å². The van der Waals surface area contributed by atoms with Gasteiger partial charge in [-0.3, -0.25) is 19.6 Å². The number of carboxylic acids is 1.